The molecular weight excluding hydrogens is 314 g/mol. The summed E-state index contributed by atoms with van der Waals surface area (Å²) in [6.07, 6.45) is 2.84. The first-order valence-electron chi connectivity index (χ1n) is 8.63. The van der Waals surface area contributed by atoms with Crippen LogP contribution >= 0.6 is 0 Å². The maximum absolute atomic E-state index is 12.7. The minimum atomic E-state index is -0.300. The van der Waals surface area contributed by atoms with Gasteiger partial charge in [0, 0.05) is 31.9 Å². The van der Waals surface area contributed by atoms with Crippen molar-refractivity contribution in [2.45, 2.75) is 26.3 Å². The van der Waals surface area contributed by atoms with Crippen LogP contribution in [0, 0.1) is 5.92 Å². The lowest BCUT2D eigenvalue weighted by molar-refractivity contribution is -0.135. The molecule has 0 saturated carbocycles. The number of hydrogen-bond acceptors (Lipinski definition) is 3. The average molecular weight is 337 g/mol. The normalized spacial score (nSPS) is 17.0. The lowest BCUT2D eigenvalue weighted by Gasteiger charge is -2.22. The molecule has 2 amide bonds. The lowest BCUT2D eigenvalue weighted by atomic mass is 10.1. The number of anilines is 1. The standard InChI is InChI=1S/C20H23N3O2/c1-3-15-8-4-5-10-18(15)23-13-16(12-19(23)24)20(25)22(2)14-17-9-6-7-11-21-17/h4-11,16H,3,12-14H2,1-2H3. The van der Waals surface area contributed by atoms with Gasteiger partial charge in [-0.15, -0.1) is 0 Å². The molecule has 5 nitrogen and oxygen atoms in total. The van der Waals surface area contributed by atoms with Crippen LogP contribution in [0.1, 0.15) is 24.6 Å². The number of para-hydroxylation sites is 1. The first kappa shape index (κ1) is 17.1. The van der Waals surface area contributed by atoms with Crippen LogP contribution in [0.2, 0.25) is 0 Å². The molecule has 0 N–H and O–H groups in total. The molecule has 1 atom stereocenters. The molecule has 1 aromatic heterocycles. The highest BCUT2D eigenvalue weighted by molar-refractivity contribution is 6.00. The third kappa shape index (κ3) is 3.71. The zero-order valence-electron chi connectivity index (χ0n) is 14.7. The molecule has 1 fully saturated rings. The van der Waals surface area contributed by atoms with Crippen molar-refractivity contribution >= 4 is 17.5 Å². The topological polar surface area (TPSA) is 53.5 Å². The van der Waals surface area contributed by atoms with Gasteiger partial charge in [-0.1, -0.05) is 31.2 Å². The van der Waals surface area contributed by atoms with E-state index in [1.165, 1.54) is 0 Å². The quantitative estimate of drug-likeness (QED) is 0.843. The summed E-state index contributed by atoms with van der Waals surface area (Å²) in [5.74, 6) is -0.285. The zero-order chi connectivity index (χ0) is 17.8. The molecule has 1 saturated heterocycles. The van der Waals surface area contributed by atoms with Crippen LogP contribution in [-0.2, 0) is 22.6 Å². The van der Waals surface area contributed by atoms with E-state index >= 15 is 0 Å². The summed E-state index contributed by atoms with van der Waals surface area (Å²) in [6, 6.07) is 13.6. The number of rotatable bonds is 5. The smallest absolute Gasteiger partial charge is 0.228 e. The lowest BCUT2D eigenvalue weighted by Crippen LogP contribution is -2.34. The predicted octanol–water partition coefficient (Wildman–Crippen LogP) is 2.66. The number of benzene rings is 1. The summed E-state index contributed by atoms with van der Waals surface area (Å²) in [4.78, 5) is 32.9. The van der Waals surface area contributed by atoms with Gasteiger partial charge in [-0.2, -0.15) is 0 Å². The maximum atomic E-state index is 12.7. The molecule has 130 valence electrons. The molecule has 25 heavy (non-hydrogen) atoms. The van der Waals surface area contributed by atoms with Crippen LogP contribution in [0.5, 0.6) is 0 Å². The van der Waals surface area contributed by atoms with Crippen LogP contribution < -0.4 is 4.90 Å². The Morgan fingerprint density at radius 2 is 2.00 bits per heavy atom. The van der Waals surface area contributed by atoms with E-state index in [1.54, 1.807) is 23.0 Å². The second-order valence-corrected chi connectivity index (χ2v) is 6.40. The Bertz CT molecular complexity index is 761. The number of aromatic nitrogens is 1. The van der Waals surface area contributed by atoms with Gasteiger partial charge in [0.2, 0.25) is 11.8 Å². The Hall–Kier alpha value is -2.69. The molecule has 0 aliphatic carbocycles. The molecule has 1 aromatic carbocycles. The van der Waals surface area contributed by atoms with Crippen molar-refractivity contribution in [3.05, 3.63) is 59.9 Å². The number of carbonyl (C=O) groups excluding carboxylic acids is 2. The second-order valence-electron chi connectivity index (χ2n) is 6.40. The van der Waals surface area contributed by atoms with Crippen LogP contribution in [0.25, 0.3) is 0 Å². The highest BCUT2D eigenvalue weighted by Crippen LogP contribution is 2.29. The number of carbonyl (C=O) groups is 2. The molecule has 0 radical (unpaired) electrons. The minimum absolute atomic E-state index is 0.00418. The second kappa shape index (κ2) is 7.47. The van der Waals surface area contributed by atoms with Crippen LogP contribution in [0.3, 0.4) is 0 Å². The third-order valence-corrected chi connectivity index (χ3v) is 4.64. The van der Waals surface area contributed by atoms with E-state index in [-0.39, 0.29) is 24.2 Å². The van der Waals surface area contributed by atoms with Crippen molar-refractivity contribution in [1.82, 2.24) is 9.88 Å². The van der Waals surface area contributed by atoms with Gasteiger partial charge in [-0.25, -0.2) is 0 Å². The van der Waals surface area contributed by atoms with E-state index in [0.717, 1.165) is 23.4 Å². The Balaban J connectivity index is 1.70. The van der Waals surface area contributed by atoms with E-state index < -0.39 is 0 Å². The molecule has 0 spiro atoms. The van der Waals surface area contributed by atoms with Gasteiger partial charge in [-0.05, 0) is 30.2 Å². The molecule has 2 aromatic rings. The molecular formula is C20H23N3O2. The first-order chi connectivity index (χ1) is 12.1. The molecule has 5 heteroatoms. The molecule has 0 bridgehead atoms. The summed E-state index contributed by atoms with van der Waals surface area (Å²) in [6.45, 7) is 2.97. The summed E-state index contributed by atoms with van der Waals surface area (Å²) in [5.41, 5.74) is 2.90. The Morgan fingerprint density at radius 3 is 2.72 bits per heavy atom. The van der Waals surface area contributed by atoms with Gasteiger partial charge in [0.15, 0.2) is 0 Å². The highest BCUT2D eigenvalue weighted by atomic mass is 16.2. The fraction of sp³-hybridized carbons (Fsp3) is 0.350. The number of nitrogens with zero attached hydrogens (tertiary/aromatic N) is 3. The van der Waals surface area contributed by atoms with E-state index in [4.69, 9.17) is 0 Å². The van der Waals surface area contributed by atoms with Crippen molar-refractivity contribution in [1.29, 1.82) is 0 Å². The molecule has 2 heterocycles. The number of aryl methyl sites for hydroxylation is 1. The summed E-state index contributed by atoms with van der Waals surface area (Å²) in [5, 5.41) is 0. The highest BCUT2D eigenvalue weighted by Gasteiger charge is 2.37. The molecule has 1 aliphatic heterocycles. The SMILES string of the molecule is CCc1ccccc1N1CC(C(=O)N(C)Cc2ccccn2)CC1=O. The van der Waals surface area contributed by atoms with E-state index in [2.05, 4.69) is 11.9 Å². The van der Waals surface area contributed by atoms with Gasteiger partial charge in [0.1, 0.15) is 0 Å². The fourth-order valence-electron chi connectivity index (χ4n) is 3.30. The summed E-state index contributed by atoms with van der Waals surface area (Å²) < 4.78 is 0. The maximum Gasteiger partial charge on any atom is 0.228 e. The monoisotopic (exact) mass is 337 g/mol. The van der Waals surface area contributed by atoms with Crippen LogP contribution in [0.4, 0.5) is 5.69 Å². The van der Waals surface area contributed by atoms with Crippen LogP contribution in [-0.4, -0.2) is 35.3 Å². The Labute approximate surface area is 148 Å². The van der Waals surface area contributed by atoms with Crippen molar-refractivity contribution in [2.75, 3.05) is 18.5 Å². The van der Waals surface area contributed by atoms with E-state index in [9.17, 15) is 9.59 Å². The minimum Gasteiger partial charge on any atom is -0.340 e. The van der Waals surface area contributed by atoms with E-state index in [0.29, 0.717) is 13.1 Å². The zero-order valence-corrected chi connectivity index (χ0v) is 14.7. The van der Waals surface area contributed by atoms with Gasteiger partial charge >= 0.3 is 0 Å². The van der Waals surface area contributed by atoms with Gasteiger partial charge < -0.3 is 9.80 Å². The number of pyridine rings is 1. The Kier molecular flexibility index (Phi) is 5.12. The summed E-state index contributed by atoms with van der Waals surface area (Å²) in [7, 11) is 1.77. The van der Waals surface area contributed by atoms with Gasteiger partial charge in [0.05, 0.1) is 18.2 Å². The van der Waals surface area contributed by atoms with Crippen molar-refractivity contribution in [3.63, 3.8) is 0 Å². The fourth-order valence-corrected chi connectivity index (χ4v) is 3.30. The third-order valence-electron chi connectivity index (χ3n) is 4.64. The first-order valence-corrected chi connectivity index (χ1v) is 8.63. The van der Waals surface area contributed by atoms with Crippen molar-refractivity contribution in [3.8, 4) is 0 Å². The number of hydrogen-bond donors (Lipinski definition) is 0. The average Bonchev–Trinajstić information content (AvgIpc) is 3.03. The van der Waals surface area contributed by atoms with E-state index in [1.807, 2.05) is 42.5 Å². The number of amides is 2. The molecule has 1 aliphatic rings. The summed E-state index contributed by atoms with van der Waals surface area (Å²) >= 11 is 0. The Morgan fingerprint density at radius 1 is 1.24 bits per heavy atom. The molecule has 1 unspecified atom stereocenters. The van der Waals surface area contributed by atoms with Crippen LogP contribution in [0.15, 0.2) is 48.7 Å². The van der Waals surface area contributed by atoms with Crippen molar-refractivity contribution in [2.24, 2.45) is 5.92 Å². The largest absolute Gasteiger partial charge is 0.340 e. The van der Waals surface area contributed by atoms with Gasteiger partial charge in [-0.3, -0.25) is 14.6 Å². The van der Waals surface area contributed by atoms with Crippen molar-refractivity contribution < 1.29 is 9.59 Å². The van der Waals surface area contributed by atoms with Gasteiger partial charge in [0.25, 0.3) is 0 Å². The predicted molar refractivity (Wildman–Crippen MR) is 97.0 cm³/mol. The molecule has 3 rings (SSSR count).